The first-order valence-corrected chi connectivity index (χ1v) is 5.06. The molecule has 2 rings (SSSR count). The minimum atomic E-state index is -0.264. The van der Waals surface area contributed by atoms with Crippen molar-refractivity contribution >= 4 is 17.5 Å². The Labute approximate surface area is 93.3 Å². The molecule has 1 aromatic rings. The van der Waals surface area contributed by atoms with Crippen molar-refractivity contribution in [3.8, 4) is 0 Å². The van der Waals surface area contributed by atoms with Crippen LogP contribution in [-0.2, 0) is 11.2 Å². The van der Waals surface area contributed by atoms with Crippen LogP contribution in [0.1, 0.15) is 15.9 Å². The highest BCUT2D eigenvalue weighted by atomic mass is 16.2. The molecular weight excluding hydrogens is 204 g/mol. The lowest BCUT2D eigenvalue weighted by Gasteiger charge is -2.19. The normalized spacial score (nSPS) is 13.6. The fourth-order valence-corrected chi connectivity index (χ4v) is 1.77. The topological polar surface area (TPSA) is 58.2 Å². The lowest BCUT2D eigenvalue weighted by Crippen LogP contribution is -2.32. The summed E-state index contributed by atoms with van der Waals surface area (Å²) >= 11 is 0. The van der Waals surface area contributed by atoms with E-state index in [-0.39, 0.29) is 11.8 Å². The van der Waals surface area contributed by atoms with Gasteiger partial charge < -0.3 is 10.6 Å². The molecule has 2 amide bonds. The van der Waals surface area contributed by atoms with E-state index in [2.05, 4.69) is 17.2 Å². The summed E-state index contributed by atoms with van der Waals surface area (Å²) in [4.78, 5) is 22.8. The lowest BCUT2D eigenvalue weighted by atomic mass is 9.98. The van der Waals surface area contributed by atoms with Crippen LogP contribution in [0.15, 0.2) is 30.9 Å². The summed E-state index contributed by atoms with van der Waals surface area (Å²) in [5, 5.41) is 5.46. The first-order valence-electron chi connectivity index (χ1n) is 5.06. The van der Waals surface area contributed by atoms with Gasteiger partial charge in [0.2, 0.25) is 5.91 Å². The van der Waals surface area contributed by atoms with Crippen molar-refractivity contribution in [1.29, 1.82) is 0 Å². The van der Waals surface area contributed by atoms with Crippen LogP contribution in [0.25, 0.3) is 0 Å². The molecule has 0 saturated heterocycles. The number of nitrogens with one attached hydrogen (secondary N) is 2. The molecule has 82 valence electrons. The van der Waals surface area contributed by atoms with Gasteiger partial charge in [0.05, 0.1) is 0 Å². The van der Waals surface area contributed by atoms with Gasteiger partial charge in [-0.05, 0) is 30.2 Å². The van der Waals surface area contributed by atoms with Crippen molar-refractivity contribution in [2.24, 2.45) is 0 Å². The van der Waals surface area contributed by atoms with Crippen molar-refractivity contribution < 1.29 is 9.59 Å². The van der Waals surface area contributed by atoms with Crippen molar-refractivity contribution in [3.05, 3.63) is 42.0 Å². The van der Waals surface area contributed by atoms with Crippen molar-refractivity contribution in [2.75, 3.05) is 11.9 Å². The predicted octanol–water partition coefficient (Wildman–Crippen LogP) is 1.10. The zero-order valence-corrected chi connectivity index (χ0v) is 8.75. The maximum absolute atomic E-state index is 11.5. The van der Waals surface area contributed by atoms with Crippen LogP contribution < -0.4 is 10.6 Å². The Hall–Kier alpha value is -2.10. The molecule has 4 nitrogen and oxygen atoms in total. The van der Waals surface area contributed by atoms with Crippen LogP contribution in [0.4, 0.5) is 5.69 Å². The Kier molecular flexibility index (Phi) is 2.72. The Balaban J connectivity index is 2.39. The highest BCUT2D eigenvalue weighted by Gasteiger charge is 2.19. The largest absolute Gasteiger partial charge is 0.352 e. The van der Waals surface area contributed by atoms with E-state index in [0.29, 0.717) is 17.8 Å². The zero-order chi connectivity index (χ0) is 11.5. The number of amides is 2. The number of rotatable bonds is 2. The van der Waals surface area contributed by atoms with E-state index in [9.17, 15) is 9.59 Å². The molecule has 0 saturated carbocycles. The van der Waals surface area contributed by atoms with E-state index in [1.54, 1.807) is 18.2 Å². The standard InChI is InChI=1S/C12H12N2O2/c1-2-11(15)14-10-5-3-4-9-8(10)6-7-13-12(9)16/h2-5H,1,6-7H2,(H,13,16)(H,14,15). The molecule has 0 radical (unpaired) electrons. The minimum Gasteiger partial charge on any atom is -0.352 e. The summed E-state index contributed by atoms with van der Waals surface area (Å²) < 4.78 is 0. The monoisotopic (exact) mass is 216 g/mol. The number of carbonyl (C=O) groups is 2. The van der Waals surface area contributed by atoms with Crippen LogP contribution in [-0.4, -0.2) is 18.4 Å². The fraction of sp³-hybridized carbons (Fsp3) is 0.167. The molecule has 2 N–H and O–H groups in total. The third-order valence-corrected chi connectivity index (χ3v) is 2.52. The number of benzene rings is 1. The van der Waals surface area contributed by atoms with Gasteiger partial charge in [-0.25, -0.2) is 0 Å². The maximum Gasteiger partial charge on any atom is 0.251 e. The van der Waals surface area contributed by atoms with Gasteiger partial charge in [-0.1, -0.05) is 12.6 Å². The van der Waals surface area contributed by atoms with Gasteiger partial charge in [0.25, 0.3) is 5.91 Å². The molecule has 0 atom stereocenters. The molecule has 1 heterocycles. The van der Waals surface area contributed by atoms with Crippen LogP contribution >= 0.6 is 0 Å². The third-order valence-electron chi connectivity index (χ3n) is 2.52. The van der Waals surface area contributed by atoms with Crippen LogP contribution in [0.5, 0.6) is 0 Å². The lowest BCUT2D eigenvalue weighted by molar-refractivity contribution is -0.111. The number of carbonyl (C=O) groups excluding carboxylic acids is 2. The summed E-state index contributed by atoms with van der Waals surface area (Å²) in [7, 11) is 0. The van der Waals surface area contributed by atoms with Crippen LogP contribution in [0.2, 0.25) is 0 Å². The summed E-state index contributed by atoms with van der Waals surface area (Å²) in [6.07, 6.45) is 1.94. The molecular formula is C12H12N2O2. The minimum absolute atomic E-state index is 0.0871. The SMILES string of the molecule is C=CC(=O)Nc1cccc2c1CCNC2=O. The third kappa shape index (κ3) is 1.82. The smallest absolute Gasteiger partial charge is 0.251 e. The molecule has 0 fully saturated rings. The molecule has 0 aromatic heterocycles. The average molecular weight is 216 g/mol. The summed E-state index contributed by atoms with van der Waals surface area (Å²) in [5.41, 5.74) is 2.21. The highest BCUT2D eigenvalue weighted by Crippen LogP contribution is 2.22. The van der Waals surface area contributed by atoms with Gasteiger partial charge in [-0.2, -0.15) is 0 Å². The van der Waals surface area contributed by atoms with Gasteiger partial charge in [0.15, 0.2) is 0 Å². The maximum atomic E-state index is 11.5. The average Bonchev–Trinajstić information content (AvgIpc) is 2.30. The van der Waals surface area contributed by atoms with E-state index in [0.717, 1.165) is 12.0 Å². The second-order valence-corrected chi connectivity index (χ2v) is 3.53. The summed E-state index contributed by atoms with van der Waals surface area (Å²) in [5.74, 6) is -0.352. The van der Waals surface area contributed by atoms with E-state index in [1.807, 2.05) is 0 Å². The van der Waals surface area contributed by atoms with Crippen LogP contribution in [0.3, 0.4) is 0 Å². The Morgan fingerprint density at radius 3 is 3.06 bits per heavy atom. The van der Waals surface area contributed by atoms with Gasteiger partial charge in [0.1, 0.15) is 0 Å². The molecule has 4 heteroatoms. The molecule has 0 aliphatic carbocycles. The van der Waals surface area contributed by atoms with E-state index in [4.69, 9.17) is 0 Å². The highest BCUT2D eigenvalue weighted by molar-refractivity contribution is 6.03. The molecule has 1 aromatic carbocycles. The van der Waals surface area contributed by atoms with Crippen molar-refractivity contribution in [2.45, 2.75) is 6.42 Å². The molecule has 1 aliphatic heterocycles. The molecule has 1 aliphatic rings. The quantitative estimate of drug-likeness (QED) is 0.727. The number of hydrogen-bond donors (Lipinski definition) is 2. The second kappa shape index (κ2) is 4.18. The number of hydrogen-bond acceptors (Lipinski definition) is 2. The van der Waals surface area contributed by atoms with Crippen LogP contribution in [0, 0.1) is 0 Å². The first-order chi connectivity index (χ1) is 7.72. The summed E-state index contributed by atoms with van der Waals surface area (Å²) in [6, 6.07) is 5.30. The van der Waals surface area contributed by atoms with Gasteiger partial charge in [0, 0.05) is 17.8 Å². The Morgan fingerprint density at radius 1 is 1.50 bits per heavy atom. The Morgan fingerprint density at radius 2 is 2.31 bits per heavy atom. The summed E-state index contributed by atoms with van der Waals surface area (Å²) in [6.45, 7) is 4.00. The van der Waals surface area contributed by atoms with E-state index in [1.165, 1.54) is 6.08 Å². The number of anilines is 1. The van der Waals surface area contributed by atoms with Crippen molar-refractivity contribution in [3.63, 3.8) is 0 Å². The van der Waals surface area contributed by atoms with Gasteiger partial charge in [-0.3, -0.25) is 9.59 Å². The first kappa shape index (κ1) is 10.4. The molecule has 0 unspecified atom stereocenters. The zero-order valence-electron chi connectivity index (χ0n) is 8.75. The Bertz CT molecular complexity index is 466. The number of fused-ring (bicyclic) bond motifs is 1. The van der Waals surface area contributed by atoms with E-state index < -0.39 is 0 Å². The fourth-order valence-electron chi connectivity index (χ4n) is 1.77. The molecule has 0 spiro atoms. The van der Waals surface area contributed by atoms with Gasteiger partial charge in [-0.15, -0.1) is 0 Å². The molecule has 16 heavy (non-hydrogen) atoms. The predicted molar refractivity (Wildman–Crippen MR) is 61.3 cm³/mol. The second-order valence-electron chi connectivity index (χ2n) is 3.53. The van der Waals surface area contributed by atoms with E-state index >= 15 is 0 Å². The van der Waals surface area contributed by atoms with Gasteiger partial charge >= 0.3 is 0 Å². The van der Waals surface area contributed by atoms with Crippen molar-refractivity contribution in [1.82, 2.24) is 5.32 Å². The molecule has 0 bridgehead atoms.